The Hall–Kier alpha value is -3.01. The van der Waals surface area contributed by atoms with Crippen molar-refractivity contribution in [1.29, 1.82) is 5.26 Å². The Morgan fingerprint density at radius 1 is 1.14 bits per heavy atom. The number of hydrogen-bond acceptors (Lipinski definition) is 5. The minimum Gasteiger partial charge on any atom is -0.336 e. The van der Waals surface area contributed by atoms with Crippen molar-refractivity contribution in [2.75, 3.05) is 12.3 Å². The SMILES string of the molecule is CCN(Cc1ccccc1)S(=O)(=O)CC(N[C@H](c1ccc(F)cc1)C(F)(F)F)C(=O)NC1(C#N)CC1. The molecule has 2 atom stereocenters. The van der Waals surface area contributed by atoms with Gasteiger partial charge in [-0.1, -0.05) is 49.4 Å². The van der Waals surface area contributed by atoms with Gasteiger partial charge < -0.3 is 5.32 Å². The van der Waals surface area contributed by atoms with Gasteiger partial charge in [0.25, 0.3) is 0 Å². The molecule has 0 saturated heterocycles. The number of nitrogens with zero attached hydrogens (tertiary/aromatic N) is 2. The molecule has 2 N–H and O–H groups in total. The highest BCUT2D eigenvalue weighted by atomic mass is 32.2. The number of rotatable bonds is 11. The van der Waals surface area contributed by atoms with Gasteiger partial charge in [-0.2, -0.15) is 22.7 Å². The molecule has 1 saturated carbocycles. The summed E-state index contributed by atoms with van der Waals surface area (Å²) in [5.74, 6) is -2.76. The minimum absolute atomic E-state index is 0.0222. The van der Waals surface area contributed by atoms with Crippen molar-refractivity contribution in [2.24, 2.45) is 0 Å². The van der Waals surface area contributed by atoms with Gasteiger partial charge in [-0.25, -0.2) is 12.8 Å². The topological polar surface area (TPSA) is 102 Å². The quantitative estimate of drug-likeness (QED) is 0.437. The molecule has 1 aliphatic carbocycles. The number of nitriles is 1. The summed E-state index contributed by atoms with van der Waals surface area (Å²) in [4.78, 5) is 13.0. The van der Waals surface area contributed by atoms with Crippen LogP contribution in [-0.2, 0) is 21.4 Å². The molecule has 0 bridgehead atoms. The van der Waals surface area contributed by atoms with Crippen molar-refractivity contribution in [1.82, 2.24) is 14.9 Å². The van der Waals surface area contributed by atoms with Gasteiger partial charge in [-0.3, -0.25) is 10.1 Å². The van der Waals surface area contributed by atoms with Crippen LogP contribution in [0.15, 0.2) is 54.6 Å². The van der Waals surface area contributed by atoms with Crippen molar-refractivity contribution < 1.29 is 30.8 Å². The largest absolute Gasteiger partial charge is 0.407 e. The van der Waals surface area contributed by atoms with Crippen molar-refractivity contribution in [3.05, 3.63) is 71.5 Å². The van der Waals surface area contributed by atoms with Crippen LogP contribution in [0.25, 0.3) is 0 Å². The fraction of sp³-hybridized carbons (Fsp3) is 0.417. The van der Waals surface area contributed by atoms with Gasteiger partial charge in [0.1, 0.15) is 23.4 Å². The van der Waals surface area contributed by atoms with Gasteiger partial charge in [-0.05, 0) is 36.1 Å². The molecule has 1 unspecified atom stereocenters. The molecule has 1 amide bonds. The average Bonchev–Trinajstić information content (AvgIpc) is 3.60. The van der Waals surface area contributed by atoms with Crippen LogP contribution >= 0.6 is 0 Å². The molecule has 12 heteroatoms. The van der Waals surface area contributed by atoms with Gasteiger partial charge in [0, 0.05) is 13.1 Å². The summed E-state index contributed by atoms with van der Waals surface area (Å²) in [6, 6.07) is 9.74. The Labute approximate surface area is 207 Å². The maximum absolute atomic E-state index is 14.0. The molecule has 0 heterocycles. The second-order valence-electron chi connectivity index (χ2n) is 8.62. The molecule has 0 aromatic heterocycles. The molecule has 36 heavy (non-hydrogen) atoms. The van der Waals surface area contributed by atoms with E-state index in [1.807, 2.05) is 6.07 Å². The molecule has 0 spiro atoms. The minimum atomic E-state index is -4.93. The van der Waals surface area contributed by atoms with Crippen LogP contribution in [0.4, 0.5) is 17.6 Å². The Balaban J connectivity index is 1.91. The predicted octanol–water partition coefficient (Wildman–Crippen LogP) is 3.41. The summed E-state index contributed by atoms with van der Waals surface area (Å²) in [5.41, 5.74) is -0.950. The molecular formula is C24H26F4N4O3S. The lowest BCUT2D eigenvalue weighted by molar-refractivity contribution is -0.160. The molecule has 0 radical (unpaired) electrons. The van der Waals surface area contributed by atoms with E-state index in [0.717, 1.165) is 28.6 Å². The monoisotopic (exact) mass is 526 g/mol. The van der Waals surface area contributed by atoms with Crippen LogP contribution in [0.5, 0.6) is 0 Å². The number of hydrogen-bond donors (Lipinski definition) is 2. The van der Waals surface area contributed by atoms with Gasteiger partial charge in [0.15, 0.2) is 0 Å². The highest BCUT2D eigenvalue weighted by Gasteiger charge is 2.48. The third-order valence-electron chi connectivity index (χ3n) is 5.87. The maximum atomic E-state index is 14.0. The zero-order valence-electron chi connectivity index (χ0n) is 19.4. The van der Waals surface area contributed by atoms with Crippen molar-refractivity contribution in [2.45, 2.75) is 50.1 Å². The van der Waals surface area contributed by atoms with Crippen LogP contribution in [-0.4, -0.2) is 48.7 Å². The lowest BCUT2D eigenvalue weighted by atomic mass is 10.0. The van der Waals surface area contributed by atoms with Crippen molar-refractivity contribution >= 4 is 15.9 Å². The molecule has 7 nitrogen and oxygen atoms in total. The maximum Gasteiger partial charge on any atom is 0.407 e. The van der Waals surface area contributed by atoms with E-state index < -0.39 is 56.9 Å². The van der Waals surface area contributed by atoms with Gasteiger partial charge in [0.2, 0.25) is 15.9 Å². The third kappa shape index (κ3) is 7.02. The molecule has 0 aliphatic heterocycles. The smallest absolute Gasteiger partial charge is 0.336 e. The Bertz CT molecular complexity index is 1190. The molecule has 2 aromatic rings. The van der Waals surface area contributed by atoms with Crippen molar-refractivity contribution in [3.63, 3.8) is 0 Å². The first-order chi connectivity index (χ1) is 16.9. The van der Waals surface area contributed by atoms with Crippen LogP contribution in [0, 0.1) is 17.1 Å². The van der Waals surface area contributed by atoms with Gasteiger partial charge in [-0.15, -0.1) is 0 Å². The Morgan fingerprint density at radius 3 is 2.25 bits per heavy atom. The zero-order chi connectivity index (χ0) is 26.6. The van der Waals surface area contributed by atoms with E-state index in [1.54, 1.807) is 37.3 Å². The predicted molar refractivity (Wildman–Crippen MR) is 124 cm³/mol. The first-order valence-electron chi connectivity index (χ1n) is 11.2. The molecule has 1 aliphatic rings. The molecule has 194 valence electrons. The number of nitrogens with one attached hydrogen (secondary N) is 2. The van der Waals surface area contributed by atoms with Crippen LogP contribution in [0.2, 0.25) is 0 Å². The highest BCUT2D eigenvalue weighted by Crippen LogP contribution is 2.36. The normalized spacial score (nSPS) is 16.7. The number of alkyl halides is 3. The summed E-state index contributed by atoms with van der Waals surface area (Å²) in [7, 11) is -4.24. The van der Waals surface area contributed by atoms with E-state index in [4.69, 9.17) is 0 Å². The lowest BCUT2D eigenvalue weighted by Crippen LogP contribution is -2.55. The van der Waals surface area contributed by atoms with E-state index in [-0.39, 0.29) is 13.1 Å². The molecule has 3 rings (SSSR count). The fourth-order valence-corrected chi connectivity index (χ4v) is 5.28. The molecule has 2 aromatic carbocycles. The first kappa shape index (κ1) is 27.6. The summed E-state index contributed by atoms with van der Waals surface area (Å²) < 4.78 is 82.9. The molecule has 1 fully saturated rings. The number of carbonyl (C=O) groups excluding carboxylic acids is 1. The van der Waals surface area contributed by atoms with Crippen molar-refractivity contribution in [3.8, 4) is 6.07 Å². The summed E-state index contributed by atoms with van der Waals surface area (Å²) in [6.07, 6.45) is -4.31. The molecular weight excluding hydrogens is 500 g/mol. The summed E-state index contributed by atoms with van der Waals surface area (Å²) in [5, 5.41) is 13.8. The second-order valence-corrected chi connectivity index (χ2v) is 10.6. The first-order valence-corrected chi connectivity index (χ1v) is 12.8. The number of halogens is 4. The van der Waals surface area contributed by atoms with Gasteiger partial charge in [0.05, 0.1) is 11.8 Å². The lowest BCUT2D eigenvalue weighted by Gasteiger charge is -2.29. The Morgan fingerprint density at radius 2 is 1.75 bits per heavy atom. The average molecular weight is 527 g/mol. The van der Waals surface area contributed by atoms with E-state index in [2.05, 4.69) is 10.6 Å². The number of sulfonamides is 1. The number of benzene rings is 2. The Kier molecular flexibility index (Phi) is 8.38. The highest BCUT2D eigenvalue weighted by molar-refractivity contribution is 7.89. The summed E-state index contributed by atoms with van der Waals surface area (Å²) in [6.45, 7) is 1.57. The van der Waals surface area contributed by atoms with E-state index in [0.29, 0.717) is 18.4 Å². The fourth-order valence-electron chi connectivity index (χ4n) is 3.66. The summed E-state index contributed by atoms with van der Waals surface area (Å²) >= 11 is 0. The number of amides is 1. The van der Waals surface area contributed by atoms with E-state index >= 15 is 0 Å². The van der Waals surface area contributed by atoms with E-state index in [9.17, 15) is 36.0 Å². The number of carbonyl (C=O) groups is 1. The van der Waals surface area contributed by atoms with Crippen LogP contribution < -0.4 is 10.6 Å². The van der Waals surface area contributed by atoms with E-state index in [1.165, 1.54) is 0 Å². The van der Waals surface area contributed by atoms with Gasteiger partial charge >= 0.3 is 6.18 Å². The zero-order valence-corrected chi connectivity index (χ0v) is 20.2. The van der Waals surface area contributed by atoms with Crippen LogP contribution in [0.3, 0.4) is 0 Å². The standard InChI is InChI=1S/C24H26F4N4O3S/c1-2-32(14-17-6-4-3-5-7-17)36(34,35)15-20(22(33)31-23(16-29)12-13-23)30-21(24(26,27)28)18-8-10-19(25)11-9-18/h3-11,20-21,30H,2,12-15H2,1H3,(H,31,33)/t20?,21-/m1/s1. The second kappa shape index (κ2) is 10.9. The van der Waals surface area contributed by atoms with Crippen LogP contribution in [0.1, 0.15) is 36.9 Å². The third-order valence-corrected chi connectivity index (χ3v) is 7.80.